The number of hydrogen-bond acceptors (Lipinski definition) is 2. The average molecular weight is 269 g/mol. The molecule has 3 heteroatoms. The highest BCUT2D eigenvalue weighted by Crippen LogP contribution is 2.26. The van der Waals surface area contributed by atoms with Crippen molar-refractivity contribution in [2.24, 2.45) is 0 Å². The van der Waals surface area contributed by atoms with Crippen molar-refractivity contribution in [2.45, 2.75) is 19.8 Å². The Balaban J connectivity index is 2.28. The van der Waals surface area contributed by atoms with E-state index in [0.29, 0.717) is 11.5 Å². The number of carboxylic acid groups (broad SMARTS) is 1. The maximum Gasteiger partial charge on any atom is 0.335 e. The summed E-state index contributed by atoms with van der Waals surface area (Å²) < 4.78 is 0. The average Bonchev–Trinajstić information content (AvgIpc) is 2.46. The summed E-state index contributed by atoms with van der Waals surface area (Å²) in [6.45, 7) is 4.32. The van der Waals surface area contributed by atoms with E-state index in [1.807, 2.05) is 18.0 Å². The summed E-state index contributed by atoms with van der Waals surface area (Å²) >= 11 is 0. The minimum Gasteiger partial charge on any atom is -0.478 e. The van der Waals surface area contributed by atoms with E-state index in [2.05, 4.69) is 38.1 Å². The molecular formula is C17H19NO2. The number of anilines is 2. The molecule has 0 radical (unpaired) electrons. The number of hydrogen-bond donors (Lipinski definition) is 1. The Hall–Kier alpha value is -2.29. The lowest BCUT2D eigenvalue weighted by Crippen LogP contribution is -2.10. The first kappa shape index (κ1) is 14.1. The van der Waals surface area contributed by atoms with Gasteiger partial charge in [0.05, 0.1) is 5.56 Å². The van der Waals surface area contributed by atoms with Crippen molar-refractivity contribution < 1.29 is 9.90 Å². The van der Waals surface area contributed by atoms with E-state index in [1.54, 1.807) is 18.2 Å². The molecule has 0 unspecified atom stereocenters. The van der Waals surface area contributed by atoms with Gasteiger partial charge in [-0.2, -0.15) is 0 Å². The normalized spacial score (nSPS) is 10.6. The maximum absolute atomic E-state index is 11.0. The van der Waals surface area contributed by atoms with E-state index in [9.17, 15) is 4.79 Å². The number of rotatable bonds is 4. The third-order valence-corrected chi connectivity index (χ3v) is 3.43. The Labute approximate surface area is 119 Å². The summed E-state index contributed by atoms with van der Waals surface area (Å²) in [5.74, 6) is -0.403. The van der Waals surface area contributed by atoms with Gasteiger partial charge in [0, 0.05) is 18.4 Å². The first-order valence-electron chi connectivity index (χ1n) is 6.66. The van der Waals surface area contributed by atoms with Crippen LogP contribution in [0.1, 0.15) is 35.7 Å². The van der Waals surface area contributed by atoms with Crippen LogP contribution in [0.25, 0.3) is 0 Å². The molecule has 0 saturated heterocycles. The van der Waals surface area contributed by atoms with E-state index in [0.717, 1.165) is 11.4 Å². The number of aromatic carboxylic acids is 1. The fraction of sp³-hybridized carbons (Fsp3) is 0.235. The second-order valence-corrected chi connectivity index (χ2v) is 5.16. The Morgan fingerprint density at radius 3 is 2.25 bits per heavy atom. The van der Waals surface area contributed by atoms with Crippen LogP contribution in [0, 0.1) is 0 Å². The van der Waals surface area contributed by atoms with Crippen LogP contribution in [0.3, 0.4) is 0 Å². The first-order valence-corrected chi connectivity index (χ1v) is 6.66. The first-order chi connectivity index (χ1) is 9.49. The minimum atomic E-state index is -0.907. The predicted octanol–water partition coefficient (Wildman–Crippen LogP) is 4.28. The van der Waals surface area contributed by atoms with Gasteiger partial charge >= 0.3 is 5.97 Å². The van der Waals surface area contributed by atoms with Crippen LogP contribution in [-0.2, 0) is 0 Å². The van der Waals surface area contributed by atoms with Crippen molar-refractivity contribution in [3.05, 3.63) is 59.7 Å². The van der Waals surface area contributed by atoms with Crippen LogP contribution in [0.4, 0.5) is 11.4 Å². The summed E-state index contributed by atoms with van der Waals surface area (Å²) in [5.41, 5.74) is 3.49. The van der Waals surface area contributed by atoms with Crippen molar-refractivity contribution in [1.29, 1.82) is 0 Å². The zero-order chi connectivity index (χ0) is 14.7. The highest BCUT2D eigenvalue weighted by molar-refractivity contribution is 5.89. The van der Waals surface area contributed by atoms with Crippen molar-refractivity contribution in [3.63, 3.8) is 0 Å². The second kappa shape index (κ2) is 5.78. The molecule has 20 heavy (non-hydrogen) atoms. The van der Waals surface area contributed by atoms with Gasteiger partial charge in [-0.3, -0.25) is 0 Å². The quantitative estimate of drug-likeness (QED) is 0.900. The Bertz CT molecular complexity index is 603. The van der Waals surface area contributed by atoms with E-state index < -0.39 is 5.97 Å². The van der Waals surface area contributed by atoms with E-state index >= 15 is 0 Å². The molecule has 1 N–H and O–H groups in total. The van der Waals surface area contributed by atoms with Crippen LogP contribution in [0.2, 0.25) is 0 Å². The molecule has 0 saturated carbocycles. The molecule has 104 valence electrons. The minimum absolute atomic E-state index is 0.299. The van der Waals surface area contributed by atoms with E-state index in [-0.39, 0.29) is 0 Å². The van der Waals surface area contributed by atoms with Crippen molar-refractivity contribution >= 4 is 17.3 Å². The van der Waals surface area contributed by atoms with Crippen molar-refractivity contribution in [2.75, 3.05) is 11.9 Å². The molecular weight excluding hydrogens is 250 g/mol. The highest BCUT2D eigenvalue weighted by atomic mass is 16.4. The molecule has 0 spiro atoms. The topological polar surface area (TPSA) is 40.5 Å². The Kier molecular flexibility index (Phi) is 4.08. The van der Waals surface area contributed by atoms with Crippen molar-refractivity contribution in [3.8, 4) is 0 Å². The number of carboxylic acids is 1. The van der Waals surface area contributed by atoms with E-state index in [4.69, 9.17) is 5.11 Å². The van der Waals surface area contributed by atoms with Gasteiger partial charge in [0.1, 0.15) is 0 Å². The van der Waals surface area contributed by atoms with Gasteiger partial charge < -0.3 is 10.0 Å². The fourth-order valence-electron chi connectivity index (χ4n) is 2.08. The summed E-state index contributed by atoms with van der Waals surface area (Å²) in [6.07, 6.45) is 0. The SMILES string of the molecule is CC(C)c1ccc(N(C)c2cccc(C(=O)O)c2)cc1. The molecule has 0 aliphatic rings. The van der Waals surface area contributed by atoms with Gasteiger partial charge in [-0.15, -0.1) is 0 Å². The van der Waals surface area contributed by atoms with Crippen LogP contribution in [0.5, 0.6) is 0 Å². The molecule has 2 rings (SSSR count). The molecule has 0 heterocycles. The second-order valence-electron chi connectivity index (χ2n) is 5.16. The predicted molar refractivity (Wildman–Crippen MR) is 82.0 cm³/mol. The van der Waals surface area contributed by atoms with Gasteiger partial charge in [-0.05, 0) is 41.8 Å². The van der Waals surface area contributed by atoms with Gasteiger partial charge in [0.25, 0.3) is 0 Å². The lowest BCUT2D eigenvalue weighted by atomic mass is 10.0. The molecule has 0 atom stereocenters. The molecule has 0 aliphatic heterocycles. The zero-order valence-corrected chi connectivity index (χ0v) is 12.0. The molecule has 3 nitrogen and oxygen atoms in total. The van der Waals surface area contributed by atoms with Gasteiger partial charge in [-0.25, -0.2) is 4.79 Å². The smallest absolute Gasteiger partial charge is 0.335 e. The number of carbonyl (C=O) groups is 1. The van der Waals surface area contributed by atoms with Gasteiger partial charge in [-0.1, -0.05) is 32.0 Å². The third kappa shape index (κ3) is 2.99. The summed E-state index contributed by atoms with van der Waals surface area (Å²) in [5, 5.41) is 9.04. The van der Waals surface area contributed by atoms with Crippen LogP contribution < -0.4 is 4.90 Å². The summed E-state index contributed by atoms with van der Waals surface area (Å²) in [4.78, 5) is 13.0. The summed E-state index contributed by atoms with van der Waals surface area (Å²) in [7, 11) is 1.94. The summed E-state index contributed by atoms with van der Waals surface area (Å²) in [6, 6.07) is 15.3. The lowest BCUT2D eigenvalue weighted by molar-refractivity contribution is 0.0697. The lowest BCUT2D eigenvalue weighted by Gasteiger charge is -2.20. The fourth-order valence-corrected chi connectivity index (χ4v) is 2.08. The standard InChI is InChI=1S/C17H19NO2/c1-12(2)13-7-9-15(10-8-13)18(3)16-6-4-5-14(11-16)17(19)20/h4-12H,1-3H3,(H,19,20). The molecule has 2 aromatic rings. The molecule has 0 aliphatic carbocycles. The molecule has 0 bridgehead atoms. The Morgan fingerprint density at radius 1 is 1.05 bits per heavy atom. The monoisotopic (exact) mass is 269 g/mol. The third-order valence-electron chi connectivity index (χ3n) is 3.43. The molecule has 2 aromatic carbocycles. The molecule has 0 amide bonds. The van der Waals surface area contributed by atoms with Crippen LogP contribution >= 0.6 is 0 Å². The van der Waals surface area contributed by atoms with Gasteiger partial charge in [0.15, 0.2) is 0 Å². The molecule has 0 fully saturated rings. The Morgan fingerprint density at radius 2 is 1.70 bits per heavy atom. The highest BCUT2D eigenvalue weighted by Gasteiger charge is 2.08. The van der Waals surface area contributed by atoms with Crippen LogP contribution in [-0.4, -0.2) is 18.1 Å². The van der Waals surface area contributed by atoms with E-state index in [1.165, 1.54) is 5.56 Å². The van der Waals surface area contributed by atoms with Gasteiger partial charge in [0.2, 0.25) is 0 Å². The number of nitrogens with zero attached hydrogens (tertiary/aromatic N) is 1. The maximum atomic E-state index is 11.0. The van der Waals surface area contributed by atoms with Crippen molar-refractivity contribution in [1.82, 2.24) is 0 Å². The van der Waals surface area contributed by atoms with Crippen LogP contribution in [0.15, 0.2) is 48.5 Å². The zero-order valence-electron chi connectivity index (χ0n) is 12.0. The molecule has 0 aromatic heterocycles. The number of benzene rings is 2. The largest absolute Gasteiger partial charge is 0.478 e.